The number of Topliss-reactive ketones (excluding diaryl/α,β-unsaturated/α-hetero) is 1. The average Bonchev–Trinajstić information content (AvgIpc) is 2.85. The maximum absolute atomic E-state index is 13.5. The van der Waals surface area contributed by atoms with E-state index in [9.17, 15) is 9.59 Å². The van der Waals surface area contributed by atoms with E-state index in [1.807, 2.05) is 23.1 Å². The molecule has 0 radical (unpaired) electrons. The lowest BCUT2D eigenvalue weighted by Crippen LogP contribution is -2.48. The second-order valence-electron chi connectivity index (χ2n) is 9.41. The summed E-state index contributed by atoms with van der Waals surface area (Å²) in [5, 5.41) is 0. The van der Waals surface area contributed by atoms with Gasteiger partial charge in [-0.05, 0) is 61.6 Å². The van der Waals surface area contributed by atoms with Gasteiger partial charge in [0.1, 0.15) is 12.4 Å². The molecule has 1 fully saturated rings. The molecule has 0 N–H and O–H groups in total. The number of nitrogens with zero attached hydrogens (tertiary/aromatic N) is 1. The van der Waals surface area contributed by atoms with E-state index in [1.165, 1.54) is 16.7 Å². The van der Waals surface area contributed by atoms with Gasteiger partial charge in [0.05, 0.1) is 0 Å². The predicted molar refractivity (Wildman–Crippen MR) is 133 cm³/mol. The number of unbranched alkanes of at least 4 members (excludes halogenated alkanes) is 2. The zero-order valence-electron chi connectivity index (χ0n) is 20.4. The fourth-order valence-electron chi connectivity index (χ4n) is 4.94. The first-order valence-corrected chi connectivity index (χ1v) is 12.5. The van der Waals surface area contributed by atoms with Gasteiger partial charge >= 0.3 is 0 Å². The number of piperidine rings is 1. The van der Waals surface area contributed by atoms with E-state index in [2.05, 4.69) is 43.3 Å². The highest BCUT2D eigenvalue weighted by Crippen LogP contribution is 2.38. The van der Waals surface area contributed by atoms with Crippen molar-refractivity contribution in [2.75, 3.05) is 26.8 Å². The van der Waals surface area contributed by atoms with Crippen molar-refractivity contribution in [2.45, 2.75) is 64.7 Å². The Morgan fingerprint density at radius 2 is 1.55 bits per heavy atom. The van der Waals surface area contributed by atoms with Gasteiger partial charge in [0, 0.05) is 32.0 Å². The van der Waals surface area contributed by atoms with E-state index in [4.69, 9.17) is 4.74 Å². The van der Waals surface area contributed by atoms with E-state index in [1.54, 1.807) is 7.11 Å². The summed E-state index contributed by atoms with van der Waals surface area (Å²) in [5.41, 5.74) is 3.61. The van der Waals surface area contributed by atoms with Crippen LogP contribution in [0.15, 0.2) is 54.6 Å². The summed E-state index contributed by atoms with van der Waals surface area (Å²) in [5.74, 6) is 0.391. The van der Waals surface area contributed by atoms with Gasteiger partial charge in [-0.1, -0.05) is 67.9 Å². The molecule has 2 aromatic rings. The molecule has 0 aliphatic carbocycles. The van der Waals surface area contributed by atoms with Crippen LogP contribution in [0.25, 0.3) is 0 Å². The second kappa shape index (κ2) is 12.7. The first kappa shape index (κ1) is 25.2. The van der Waals surface area contributed by atoms with Crippen molar-refractivity contribution in [3.63, 3.8) is 0 Å². The van der Waals surface area contributed by atoms with Gasteiger partial charge in [0.25, 0.3) is 0 Å². The highest BCUT2D eigenvalue weighted by atomic mass is 16.5. The van der Waals surface area contributed by atoms with Crippen molar-refractivity contribution >= 4 is 11.7 Å². The van der Waals surface area contributed by atoms with E-state index in [0.717, 1.165) is 51.4 Å². The summed E-state index contributed by atoms with van der Waals surface area (Å²) >= 11 is 0. The van der Waals surface area contributed by atoms with Crippen LogP contribution < -0.4 is 0 Å². The van der Waals surface area contributed by atoms with Gasteiger partial charge in [-0.25, -0.2) is 0 Å². The summed E-state index contributed by atoms with van der Waals surface area (Å²) in [6.45, 7) is 3.56. The molecule has 0 unspecified atom stereocenters. The minimum Gasteiger partial charge on any atom is -0.375 e. The molecule has 0 saturated carbocycles. The Morgan fingerprint density at radius 1 is 0.879 bits per heavy atom. The number of aryl methyl sites for hydroxylation is 2. The monoisotopic (exact) mass is 449 g/mol. The number of rotatable bonds is 12. The molecule has 1 aliphatic heterocycles. The maximum Gasteiger partial charge on any atom is 0.248 e. The molecule has 0 bridgehead atoms. The van der Waals surface area contributed by atoms with Gasteiger partial charge in [-0.2, -0.15) is 0 Å². The molecule has 2 aromatic carbocycles. The quantitative estimate of drug-likeness (QED) is 0.407. The van der Waals surface area contributed by atoms with E-state index in [-0.39, 0.29) is 17.9 Å². The van der Waals surface area contributed by atoms with Crippen LogP contribution in [0.1, 0.15) is 62.1 Å². The van der Waals surface area contributed by atoms with Gasteiger partial charge in [0.2, 0.25) is 5.91 Å². The standard InChI is InChI=1S/C29H39NO3/c1-3-24-14-16-25(17-15-24)10-6-5-9-13-27(31)29(22-26-11-7-4-8-12-26)18-20-30(21-19-29)28(32)23-33-2/h4,7-8,11-12,14-17H,3,5-6,9-10,13,18-23H2,1-2H3. The van der Waals surface area contributed by atoms with Crippen LogP contribution in [0.2, 0.25) is 0 Å². The molecular weight excluding hydrogens is 410 g/mol. The van der Waals surface area contributed by atoms with E-state index >= 15 is 0 Å². The first-order chi connectivity index (χ1) is 16.1. The number of carbonyl (C=O) groups is 2. The van der Waals surface area contributed by atoms with Crippen molar-refractivity contribution in [1.29, 1.82) is 0 Å². The maximum atomic E-state index is 13.5. The number of ketones is 1. The molecule has 1 aliphatic rings. The van der Waals surface area contributed by atoms with E-state index < -0.39 is 0 Å². The lowest BCUT2D eigenvalue weighted by atomic mass is 9.69. The zero-order valence-corrected chi connectivity index (χ0v) is 20.4. The fourth-order valence-corrected chi connectivity index (χ4v) is 4.94. The summed E-state index contributed by atoms with van der Waals surface area (Å²) in [7, 11) is 1.55. The minimum absolute atomic E-state index is 0.0187. The molecule has 4 nitrogen and oxygen atoms in total. The largest absolute Gasteiger partial charge is 0.375 e. The first-order valence-electron chi connectivity index (χ1n) is 12.5. The average molecular weight is 450 g/mol. The smallest absolute Gasteiger partial charge is 0.248 e. The highest BCUT2D eigenvalue weighted by Gasteiger charge is 2.41. The van der Waals surface area contributed by atoms with Crippen molar-refractivity contribution in [2.24, 2.45) is 5.41 Å². The Kier molecular flexibility index (Phi) is 9.68. The topological polar surface area (TPSA) is 46.6 Å². The number of amides is 1. The molecule has 178 valence electrons. The van der Waals surface area contributed by atoms with Crippen LogP contribution in [0.5, 0.6) is 0 Å². The van der Waals surface area contributed by atoms with Crippen LogP contribution >= 0.6 is 0 Å². The Balaban J connectivity index is 1.53. The molecule has 4 heteroatoms. The fraction of sp³-hybridized carbons (Fsp3) is 0.517. The molecule has 0 spiro atoms. The highest BCUT2D eigenvalue weighted by molar-refractivity contribution is 5.86. The summed E-state index contributed by atoms with van der Waals surface area (Å²) in [6.07, 6.45) is 8.14. The zero-order chi connectivity index (χ0) is 23.5. The SMILES string of the molecule is CCc1ccc(CCCCCC(=O)C2(Cc3ccccc3)CCN(C(=O)COC)CC2)cc1. The van der Waals surface area contributed by atoms with Crippen molar-refractivity contribution in [1.82, 2.24) is 4.90 Å². The molecular formula is C29H39NO3. The van der Waals surface area contributed by atoms with E-state index in [0.29, 0.717) is 25.3 Å². The lowest BCUT2D eigenvalue weighted by molar-refractivity contribution is -0.142. The Hall–Kier alpha value is -2.46. The third kappa shape index (κ3) is 7.26. The van der Waals surface area contributed by atoms with Crippen LogP contribution in [0.3, 0.4) is 0 Å². The summed E-state index contributed by atoms with van der Waals surface area (Å²) in [4.78, 5) is 27.6. The number of carbonyl (C=O) groups excluding carboxylic acids is 2. The van der Waals surface area contributed by atoms with Crippen LogP contribution in [-0.4, -0.2) is 43.4 Å². The summed E-state index contributed by atoms with van der Waals surface area (Å²) in [6, 6.07) is 19.2. The van der Waals surface area contributed by atoms with Gasteiger partial charge < -0.3 is 9.64 Å². The molecule has 3 rings (SSSR count). The third-order valence-corrected chi connectivity index (χ3v) is 7.12. The van der Waals surface area contributed by atoms with Crippen LogP contribution in [0.4, 0.5) is 0 Å². The molecule has 33 heavy (non-hydrogen) atoms. The Labute approximate surface area is 199 Å². The van der Waals surface area contributed by atoms with Gasteiger partial charge in [-0.15, -0.1) is 0 Å². The molecule has 1 saturated heterocycles. The molecule has 0 atom stereocenters. The van der Waals surface area contributed by atoms with Crippen molar-refractivity contribution in [3.05, 3.63) is 71.3 Å². The minimum atomic E-state index is -0.360. The number of likely N-dealkylation sites (tertiary alicyclic amines) is 1. The Bertz CT molecular complexity index is 867. The number of ether oxygens (including phenoxy) is 1. The lowest BCUT2D eigenvalue weighted by Gasteiger charge is -2.41. The molecule has 1 heterocycles. The van der Waals surface area contributed by atoms with Gasteiger partial charge in [-0.3, -0.25) is 9.59 Å². The molecule has 1 amide bonds. The van der Waals surface area contributed by atoms with Crippen molar-refractivity contribution < 1.29 is 14.3 Å². The number of methoxy groups -OCH3 is 1. The normalized spacial score (nSPS) is 15.4. The van der Waals surface area contributed by atoms with Crippen LogP contribution in [-0.2, 0) is 33.6 Å². The van der Waals surface area contributed by atoms with Crippen LogP contribution in [0, 0.1) is 5.41 Å². The van der Waals surface area contributed by atoms with Crippen molar-refractivity contribution in [3.8, 4) is 0 Å². The Morgan fingerprint density at radius 3 is 2.18 bits per heavy atom. The number of hydrogen-bond acceptors (Lipinski definition) is 3. The summed E-state index contributed by atoms with van der Waals surface area (Å²) < 4.78 is 5.01. The molecule has 0 aromatic heterocycles. The van der Waals surface area contributed by atoms with Gasteiger partial charge in [0.15, 0.2) is 0 Å². The second-order valence-corrected chi connectivity index (χ2v) is 9.41. The number of benzene rings is 2. The third-order valence-electron chi connectivity index (χ3n) is 7.12. The number of hydrogen-bond donors (Lipinski definition) is 0. The predicted octanol–water partition coefficient (Wildman–Crippen LogP) is 5.42.